The van der Waals surface area contributed by atoms with Crippen LogP contribution < -0.4 is 5.32 Å². The maximum absolute atomic E-state index is 11.6. The number of carboxylic acids is 1. The van der Waals surface area contributed by atoms with Crippen LogP contribution in [0.3, 0.4) is 0 Å². The van der Waals surface area contributed by atoms with Gasteiger partial charge in [0.05, 0.1) is 12.3 Å². The lowest BCUT2D eigenvalue weighted by atomic mass is 9.97. The maximum Gasteiger partial charge on any atom is 0.308 e. The van der Waals surface area contributed by atoms with Crippen LogP contribution in [0.2, 0.25) is 0 Å². The van der Waals surface area contributed by atoms with Gasteiger partial charge in [0.25, 0.3) is 0 Å². The lowest BCUT2D eigenvalue weighted by Crippen LogP contribution is -2.34. The van der Waals surface area contributed by atoms with Gasteiger partial charge in [0.2, 0.25) is 5.91 Å². The fourth-order valence-corrected chi connectivity index (χ4v) is 1.70. The SMILES string of the molecule is CC(C)CC(CNC(=O)Cc1ccn[nH]1)C(=O)O. The van der Waals surface area contributed by atoms with E-state index in [1.165, 1.54) is 0 Å². The van der Waals surface area contributed by atoms with Gasteiger partial charge in [-0.1, -0.05) is 13.8 Å². The number of carboxylic acid groups (broad SMARTS) is 1. The first-order valence-corrected chi connectivity index (χ1v) is 5.96. The van der Waals surface area contributed by atoms with Crippen molar-refractivity contribution < 1.29 is 14.7 Å². The van der Waals surface area contributed by atoms with E-state index in [4.69, 9.17) is 5.11 Å². The number of nitrogens with zero attached hydrogens (tertiary/aromatic N) is 1. The van der Waals surface area contributed by atoms with Crippen LogP contribution in [0.25, 0.3) is 0 Å². The summed E-state index contributed by atoms with van der Waals surface area (Å²) in [5.41, 5.74) is 0.711. The molecule has 1 unspecified atom stereocenters. The molecule has 1 amide bonds. The molecule has 1 heterocycles. The Labute approximate surface area is 106 Å². The molecule has 3 N–H and O–H groups in total. The van der Waals surface area contributed by atoms with Crippen molar-refractivity contribution >= 4 is 11.9 Å². The minimum atomic E-state index is -0.870. The van der Waals surface area contributed by atoms with Crippen LogP contribution in [0, 0.1) is 11.8 Å². The van der Waals surface area contributed by atoms with Crippen molar-refractivity contribution in [2.75, 3.05) is 6.54 Å². The molecule has 100 valence electrons. The normalized spacial score (nSPS) is 12.4. The molecule has 1 aromatic heterocycles. The Hall–Kier alpha value is -1.85. The summed E-state index contributed by atoms with van der Waals surface area (Å²) in [4.78, 5) is 22.6. The monoisotopic (exact) mass is 253 g/mol. The number of hydrogen-bond donors (Lipinski definition) is 3. The van der Waals surface area contributed by atoms with Gasteiger partial charge in [-0.2, -0.15) is 5.10 Å². The molecule has 0 bridgehead atoms. The molecular formula is C12H19N3O3. The molecular weight excluding hydrogens is 234 g/mol. The minimum absolute atomic E-state index is 0.167. The number of aliphatic carboxylic acids is 1. The summed E-state index contributed by atoms with van der Waals surface area (Å²) in [7, 11) is 0. The topological polar surface area (TPSA) is 95.1 Å². The van der Waals surface area contributed by atoms with E-state index in [-0.39, 0.29) is 24.8 Å². The number of hydrogen-bond acceptors (Lipinski definition) is 3. The zero-order valence-electron chi connectivity index (χ0n) is 10.6. The number of rotatable bonds is 7. The molecule has 1 atom stereocenters. The van der Waals surface area contributed by atoms with Crippen LogP contribution in [-0.4, -0.2) is 33.7 Å². The molecule has 6 heteroatoms. The van der Waals surface area contributed by atoms with E-state index in [0.29, 0.717) is 12.1 Å². The summed E-state index contributed by atoms with van der Waals surface area (Å²) in [5, 5.41) is 18.1. The predicted molar refractivity (Wildman–Crippen MR) is 65.9 cm³/mol. The third kappa shape index (κ3) is 4.99. The molecule has 1 aromatic rings. The third-order valence-corrected chi connectivity index (χ3v) is 2.56. The summed E-state index contributed by atoms with van der Waals surface area (Å²) in [6.07, 6.45) is 2.31. The Balaban J connectivity index is 2.37. The molecule has 0 saturated heterocycles. The van der Waals surface area contributed by atoms with Crippen LogP contribution in [0.1, 0.15) is 26.0 Å². The minimum Gasteiger partial charge on any atom is -0.481 e. The Morgan fingerprint density at radius 1 is 1.50 bits per heavy atom. The zero-order valence-corrected chi connectivity index (χ0v) is 10.6. The lowest BCUT2D eigenvalue weighted by molar-refractivity contribution is -0.142. The molecule has 0 aromatic carbocycles. The number of aromatic amines is 1. The van der Waals surface area contributed by atoms with Crippen molar-refractivity contribution in [3.8, 4) is 0 Å². The van der Waals surface area contributed by atoms with Gasteiger partial charge in [-0.3, -0.25) is 14.7 Å². The molecule has 0 aliphatic rings. The summed E-state index contributed by atoms with van der Waals surface area (Å²) in [6.45, 7) is 4.09. The summed E-state index contributed by atoms with van der Waals surface area (Å²) in [5.74, 6) is -1.31. The number of nitrogens with one attached hydrogen (secondary N) is 2. The van der Waals surface area contributed by atoms with Gasteiger partial charge < -0.3 is 10.4 Å². The Morgan fingerprint density at radius 2 is 2.22 bits per heavy atom. The molecule has 0 fully saturated rings. The number of aromatic nitrogens is 2. The van der Waals surface area contributed by atoms with E-state index in [2.05, 4.69) is 15.5 Å². The molecule has 0 aliphatic heterocycles. The van der Waals surface area contributed by atoms with E-state index >= 15 is 0 Å². The quantitative estimate of drug-likeness (QED) is 0.670. The molecule has 6 nitrogen and oxygen atoms in total. The van der Waals surface area contributed by atoms with Crippen LogP contribution in [0.4, 0.5) is 0 Å². The molecule has 0 radical (unpaired) electrons. The van der Waals surface area contributed by atoms with E-state index < -0.39 is 11.9 Å². The maximum atomic E-state index is 11.6. The second-order valence-corrected chi connectivity index (χ2v) is 4.73. The zero-order chi connectivity index (χ0) is 13.5. The second-order valence-electron chi connectivity index (χ2n) is 4.73. The third-order valence-electron chi connectivity index (χ3n) is 2.56. The average Bonchev–Trinajstić information content (AvgIpc) is 2.76. The number of amides is 1. The van der Waals surface area contributed by atoms with Crippen molar-refractivity contribution in [2.24, 2.45) is 11.8 Å². The average molecular weight is 253 g/mol. The fraction of sp³-hybridized carbons (Fsp3) is 0.583. The largest absolute Gasteiger partial charge is 0.481 e. The smallest absolute Gasteiger partial charge is 0.308 e. The number of H-pyrrole nitrogens is 1. The van der Waals surface area contributed by atoms with Crippen LogP contribution in [0.15, 0.2) is 12.3 Å². The van der Waals surface area contributed by atoms with Crippen molar-refractivity contribution in [1.29, 1.82) is 0 Å². The molecule has 18 heavy (non-hydrogen) atoms. The Bertz CT molecular complexity index is 387. The van der Waals surface area contributed by atoms with Gasteiger partial charge in [-0.05, 0) is 18.4 Å². The van der Waals surface area contributed by atoms with Crippen molar-refractivity contribution in [3.63, 3.8) is 0 Å². The molecule has 1 rings (SSSR count). The van der Waals surface area contributed by atoms with Gasteiger partial charge in [-0.15, -0.1) is 0 Å². The van der Waals surface area contributed by atoms with Gasteiger partial charge >= 0.3 is 5.97 Å². The first-order valence-electron chi connectivity index (χ1n) is 5.96. The van der Waals surface area contributed by atoms with Gasteiger partial charge in [0, 0.05) is 18.4 Å². The van der Waals surface area contributed by atoms with Crippen LogP contribution in [-0.2, 0) is 16.0 Å². The first kappa shape index (κ1) is 14.2. The predicted octanol–water partition coefficient (Wildman–Crippen LogP) is 0.815. The van der Waals surface area contributed by atoms with Crippen LogP contribution >= 0.6 is 0 Å². The van der Waals surface area contributed by atoms with Crippen molar-refractivity contribution in [2.45, 2.75) is 26.7 Å². The fourth-order valence-electron chi connectivity index (χ4n) is 1.70. The van der Waals surface area contributed by atoms with Crippen LogP contribution in [0.5, 0.6) is 0 Å². The highest BCUT2D eigenvalue weighted by Crippen LogP contribution is 2.11. The van der Waals surface area contributed by atoms with E-state index in [1.807, 2.05) is 13.8 Å². The highest BCUT2D eigenvalue weighted by atomic mass is 16.4. The highest BCUT2D eigenvalue weighted by Gasteiger charge is 2.19. The van der Waals surface area contributed by atoms with Crippen molar-refractivity contribution in [1.82, 2.24) is 15.5 Å². The Morgan fingerprint density at radius 3 is 2.72 bits per heavy atom. The number of carbonyl (C=O) groups is 2. The molecule has 0 saturated carbocycles. The van der Waals surface area contributed by atoms with Crippen molar-refractivity contribution in [3.05, 3.63) is 18.0 Å². The standard InChI is InChI=1S/C12H19N3O3/c1-8(2)5-9(12(17)18)7-13-11(16)6-10-3-4-14-15-10/h3-4,8-9H,5-7H2,1-2H3,(H,13,16)(H,14,15)(H,17,18). The lowest BCUT2D eigenvalue weighted by Gasteiger charge is -2.15. The van der Waals surface area contributed by atoms with Gasteiger partial charge in [0.1, 0.15) is 0 Å². The van der Waals surface area contributed by atoms with Gasteiger partial charge in [-0.25, -0.2) is 0 Å². The van der Waals surface area contributed by atoms with E-state index in [0.717, 1.165) is 0 Å². The first-order chi connectivity index (χ1) is 8.49. The summed E-state index contributed by atoms with van der Waals surface area (Å²) < 4.78 is 0. The summed E-state index contributed by atoms with van der Waals surface area (Å²) >= 11 is 0. The number of carbonyl (C=O) groups excluding carboxylic acids is 1. The van der Waals surface area contributed by atoms with Gasteiger partial charge in [0.15, 0.2) is 0 Å². The van der Waals surface area contributed by atoms with E-state index in [9.17, 15) is 9.59 Å². The molecule has 0 aliphatic carbocycles. The highest BCUT2D eigenvalue weighted by molar-refractivity contribution is 5.79. The Kier molecular flexibility index (Phi) is 5.35. The molecule has 0 spiro atoms. The van der Waals surface area contributed by atoms with E-state index in [1.54, 1.807) is 12.3 Å². The summed E-state index contributed by atoms with van der Waals surface area (Å²) in [6, 6.07) is 1.71. The second kappa shape index (κ2) is 6.78.